The molecule has 1 aromatic carbocycles. The van der Waals surface area contributed by atoms with Crippen molar-refractivity contribution in [2.75, 3.05) is 0 Å². The molecule has 0 saturated carbocycles. The Morgan fingerprint density at radius 3 is 1.94 bits per heavy atom. The Kier molecular flexibility index (Phi) is 4.85. The molecule has 0 aliphatic rings. The molecule has 0 aliphatic heterocycles. The van der Waals surface area contributed by atoms with Gasteiger partial charge in [0.15, 0.2) is 0 Å². The van der Waals surface area contributed by atoms with Gasteiger partial charge < -0.3 is 5.11 Å². The number of hydrogen-bond donors (Lipinski definition) is 1. The molecule has 0 spiro atoms. The van der Waals surface area contributed by atoms with E-state index in [1.54, 1.807) is 0 Å². The summed E-state index contributed by atoms with van der Waals surface area (Å²) in [5.41, 5.74) is 5.10. The molecule has 0 radical (unpaired) electrons. The van der Waals surface area contributed by atoms with Crippen molar-refractivity contribution in [3.05, 3.63) is 28.3 Å². The minimum atomic E-state index is 0.543. The van der Waals surface area contributed by atoms with E-state index in [4.69, 9.17) is 0 Å². The Labute approximate surface area is 99.5 Å². The summed E-state index contributed by atoms with van der Waals surface area (Å²) in [5.74, 6) is 0.543. The van der Waals surface area contributed by atoms with Crippen LogP contribution < -0.4 is 0 Å². The van der Waals surface area contributed by atoms with Gasteiger partial charge in [0, 0.05) is 0 Å². The number of benzene rings is 1. The van der Waals surface area contributed by atoms with E-state index >= 15 is 0 Å². The van der Waals surface area contributed by atoms with Gasteiger partial charge in [-0.25, -0.2) is 0 Å². The molecule has 0 aliphatic carbocycles. The Hall–Kier alpha value is -0.980. The fraction of sp³-hybridized carbons (Fsp3) is 0.600. The van der Waals surface area contributed by atoms with Crippen LogP contribution in [0.5, 0.6) is 5.75 Å². The molecule has 0 heterocycles. The van der Waals surface area contributed by atoms with E-state index in [1.165, 1.54) is 23.1 Å². The standard InChI is InChI=1S/C15H24O/c1-5-9-12-10-11(6-2)15(16)14(8-4)13(12)7-3/h10,16H,5-9H2,1-4H3. The van der Waals surface area contributed by atoms with Crippen LogP contribution in [0.2, 0.25) is 0 Å². The first-order valence-electron chi connectivity index (χ1n) is 6.54. The van der Waals surface area contributed by atoms with Crippen LogP contribution in [-0.2, 0) is 25.7 Å². The van der Waals surface area contributed by atoms with Gasteiger partial charge >= 0.3 is 0 Å². The normalized spacial score (nSPS) is 10.8. The molecule has 16 heavy (non-hydrogen) atoms. The van der Waals surface area contributed by atoms with Crippen molar-refractivity contribution in [2.24, 2.45) is 0 Å². The molecular weight excluding hydrogens is 196 g/mol. The average Bonchev–Trinajstić information content (AvgIpc) is 2.30. The quantitative estimate of drug-likeness (QED) is 0.794. The first kappa shape index (κ1) is 13.1. The van der Waals surface area contributed by atoms with E-state index in [1.807, 2.05) is 0 Å². The topological polar surface area (TPSA) is 20.2 Å². The third-order valence-electron chi connectivity index (χ3n) is 3.30. The maximum Gasteiger partial charge on any atom is 0.122 e. The fourth-order valence-electron chi connectivity index (χ4n) is 2.48. The molecule has 90 valence electrons. The number of phenolic OH excluding ortho intramolecular Hbond substituents is 1. The summed E-state index contributed by atoms with van der Waals surface area (Å²) in [4.78, 5) is 0. The Balaban J connectivity index is 3.37. The molecule has 0 atom stereocenters. The van der Waals surface area contributed by atoms with Crippen molar-refractivity contribution in [1.82, 2.24) is 0 Å². The van der Waals surface area contributed by atoms with E-state index in [-0.39, 0.29) is 0 Å². The Morgan fingerprint density at radius 1 is 0.875 bits per heavy atom. The van der Waals surface area contributed by atoms with Gasteiger partial charge in [0.1, 0.15) is 5.75 Å². The number of rotatable bonds is 5. The van der Waals surface area contributed by atoms with Crippen LogP contribution in [0.1, 0.15) is 56.4 Å². The van der Waals surface area contributed by atoms with Crippen molar-refractivity contribution in [3.8, 4) is 5.75 Å². The van der Waals surface area contributed by atoms with Crippen LogP contribution in [0, 0.1) is 0 Å². The molecule has 0 unspecified atom stereocenters. The lowest BCUT2D eigenvalue weighted by atomic mass is 9.90. The van der Waals surface area contributed by atoms with Gasteiger partial charge in [0.05, 0.1) is 0 Å². The zero-order valence-electron chi connectivity index (χ0n) is 11.1. The zero-order valence-corrected chi connectivity index (χ0v) is 11.1. The first-order valence-corrected chi connectivity index (χ1v) is 6.54. The maximum absolute atomic E-state index is 10.2. The highest BCUT2D eigenvalue weighted by Crippen LogP contribution is 2.31. The van der Waals surface area contributed by atoms with Gasteiger partial charge in [0.2, 0.25) is 0 Å². The summed E-state index contributed by atoms with van der Waals surface area (Å²) in [6, 6.07) is 2.21. The molecule has 0 saturated heterocycles. The summed E-state index contributed by atoms with van der Waals surface area (Å²) >= 11 is 0. The van der Waals surface area contributed by atoms with Crippen LogP contribution in [-0.4, -0.2) is 5.11 Å². The maximum atomic E-state index is 10.2. The number of phenols is 1. The monoisotopic (exact) mass is 220 g/mol. The van der Waals surface area contributed by atoms with Gasteiger partial charge in [0.25, 0.3) is 0 Å². The van der Waals surface area contributed by atoms with Gasteiger partial charge in [-0.1, -0.05) is 40.2 Å². The number of aromatic hydroxyl groups is 1. The predicted molar refractivity (Wildman–Crippen MR) is 70.2 cm³/mol. The molecule has 1 heteroatoms. The highest BCUT2D eigenvalue weighted by molar-refractivity contribution is 5.50. The van der Waals surface area contributed by atoms with Crippen LogP contribution in [0.15, 0.2) is 6.07 Å². The summed E-state index contributed by atoms with van der Waals surface area (Å²) in [6.07, 6.45) is 5.17. The van der Waals surface area contributed by atoms with Gasteiger partial charge in [-0.05, 0) is 47.9 Å². The van der Waals surface area contributed by atoms with E-state index in [0.717, 1.165) is 31.2 Å². The van der Waals surface area contributed by atoms with Gasteiger partial charge in [-0.2, -0.15) is 0 Å². The lowest BCUT2D eigenvalue weighted by molar-refractivity contribution is 0.460. The van der Waals surface area contributed by atoms with Crippen LogP contribution >= 0.6 is 0 Å². The second-order valence-corrected chi connectivity index (χ2v) is 4.31. The van der Waals surface area contributed by atoms with E-state index in [9.17, 15) is 5.11 Å². The van der Waals surface area contributed by atoms with Crippen LogP contribution in [0.4, 0.5) is 0 Å². The second-order valence-electron chi connectivity index (χ2n) is 4.31. The molecule has 0 bridgehead atoms. The third-order valence-corrected chi connectivity index (χ3v) is 3.30. The van der Waals surface area contributed by atoms with Crippen molar-refractivity contribution in [1.29, 1.82) is 0 Å². The molecule has 0 aromatic heterocycles. The molecule has 1 aromatic rings. The largest absolute Gasteiger partial charge is 0.507 e. The molecular formula is C15H24O. The summed E-state index contributed by atoms with van der Waals surface area (Å²) in [5, 5.41) is 10.2. The highest BCUT2D eigenvalue weighted by atomic mass is 16.3. The van der Waals surface area contributed by atoms with E-state index in [0.29, 0.717) is 5.75 Å². The fourth-order valence-corrected chi connectivity index (χ4v) is 2.48. The minimum absolute atomic E-state index is 0.543. The molecule has 1 N–H and O–H groups in total. The van der Waals surface area contributed by atoms with Crippen molar-refractivity contribution >= 4 is 0 Å². The summed E-state index contributed by atoms with van der Waals surface area (Å²) in [6.45, 7) is 8.63. The molecule has 0 fully saturated rings. The minimum Gasteiger partial charge on any atom is -0.507 e. The molecule has 1 rings (SSSR count). The van der Waals surface area contributed by atoms with Crippen molar-refractivity contribution in [3.63, 3.8) is 0 Å². The van der Waals surface area contributed by atoms with Crippen LogP contribution in [0.25, 0.3) is 0 Å². The second kappa shape index (κ2) is 5.93. The number of hydrogen-bond acceptors (Lipinski definition) is 1. The number of aryl methyl sites for hydroxylation is 2. The SMILES string of the molecule is CCCc1cc(CC)c(O)c(CC)c1CC. The summed E-state index contributed by atoms with van der Waals surface area (Å²) in [7, 11) is 0. The average molecular weight is 220 g/mol. The van der Waals surface area contributed by atoms with Gasteiger partial charge in [-0.3, -0.25) is 0 Å². The first-order chi connectivity index (χ1) is 7.69. The summed E-state index contributed by atoms with van der Waals surface area (Å²) < 4.78 is 0. The third kappa shape index (κ3) is 2.40. The molecule has 1 nitrogen and oxygen atoms in total. The zero-order chi connectivity index (χ0) is 12.1. The van der Waals surface area contributed by atoms with Crippen molar-refractivity contribution in [2.45, 2.75) is 59.8 Å². The van der Waals surface area contributed by atoms with E-state index < -0.39 is 0 Å². The molecule has 0 amide bonds. The van der Waals surface area contributed by atoms with Crippen LogP contribution in [0.3, 0.4) is 0 Å². The van der Waals surface area contributed by atoms with E-state index in [2.05, 4.69) is 33.8 Å². The van der Waals surface area contributed by atoms with Gasteiger partial charge in [-0.15, -0.1) is 0 Å². The Morgan fingerprint density at radius 2 is 1.50 bits per heavy atom. The lowest BCUT2D eigenvalue weighted by Crippen LogP contribution is -2.02. The lowest BCUT2D eigenvalue weighted by Gasteiger charge is -2.17. The highest BCUT2D eigenvalue weighted by Gasteiger charge is 2.13. The smallest absolute Gasteiger partial charge is 0.122 e. The van der Waals surface area contributed by atoms with Crippen molar-refractivity contribution < 1.29 is 5.11 Å². The predicted octanol–water partition coefficient (Wildman–Crippen LogP) is 4.03. The Bertz CT molecular complexity index is 353.